The van der Waals surface area contributed by atoms with Crippen molar-refractivity contribution in [1.29, 1.82) is 0 Å². The highest BCUT2D eigenvalue weighted by Gasteiger charge is 2.53. The molecule has 2 saturated carbocycles. The van der Waals surface area contributed by atoms with Gasteiger partial charge >= 0.3 is 0 Å². The first-order valence-corrected chi connectivity index (χ1v) is 14.3. The maximum absolute atomic E-state index is 13.0. The fourth-order valence-corrected chi connectivity index (χ4v) is 7.90. The molecule has 3 nitrogen and oxygen atoms in total. The minimum atomic E-state index is 0.0241. The molecule has 2 bridgehead atoms. The van der Waals surface area contributed by atoms with E-state index in [1.165, 1.54) is 36.1 Å². The zero-order valence-electron chi connectivity index (χ0n) is 19.8. The summed E-state index contributed by atoms with van der Waals surface area (Å²) in [6.45, 7) is 0.649. The number of anilines is 1. The number of hydrogen-bond donors (Lipinski definition) is 2. The van der Waals surface area contributed by atoms with E-state index in [0.29, 0.717) is 24.4 Å². The van der Waals surface area contributed by atoms with E-state index in [9.17, 15) is 4.79 Å². The van der Waals surface area contributed by atoms with E-state index in [1.54, 1.807) is 11.8 Å². The van der Waals surface area contributed by atoms with Gasteiger partial charge in [-0.05, 0) is 83.9 Å². The summed E-state index contributed by atoms with van der Waals surface area (Å²) in [5, 5.41) is 7.80. The van der Waals surface area contributed by atoms with E-state index >= 15 is 0 Å². The van der Waals surface area contributed by atoms with Crippen molar-refractivity contribution in [2.75, 3.05) is 17.6 Å². The maximum Gasteiger partial charge on any atom is 0.251 e. The van der Waals surface area contributed by atoms with Crippen LogP contribution in [0.1, 0.15) is 58.3 Å². The quantitative estimate of drug-likeness (QED) is 0.333. The largest absolute Gasteiger partial charge is 0.378 e. The number of rotatable bonds is 7. The van der Waals surface area contributed by atoms with E-state index in [-0.39, 0.29) is 5.91 Å². The van der Waals surface area contributed by atoms with Crippen LogP contribution < -0.4 is 10.6 Å². The molecule has 180 valence electrons. The van der Waals surface area contributed by atoms with Crippen LogP contribution in [0.4, 0.5) is 5.69 Å². The molecule has 1 amide bonds. The number of carbonyl (C=O) groups excluding carboxylic acids is 1. The van der Waals surface area contributed by atoms with Crippen molar-refractivity contribution in [3.63, 3.8) is 0 Å². The summed E-state index contributed by atoms with van der Waals surface area (Å²) in [7, 11) is 0. The fourth-order valence-electron chi connectivity index (χ4n) is 6.75. The molecular weight excluding hydrogens is 472 g/mol. The van der Waals surface area contributed by atoms with E-state index in [0.717, 1.165) is 39.5 Å². The number of fused-ring (bicyclic) bond motifs is 7. The molecular formula is C30H31ClN2OS. The molecule has 1 heterocycles. The molecule has 0 spiro atoms. The number of hydrogen-bond acceptors (Lipinski definition) is 3. The van der Waals surface area contributed by atoms with Crippen LogP contribution in [0.5, 0.6) is 0 Å². The zero-order chi connectivity index (χ0) is 23.8. The number of amides is 1. The van der Waals surface area contributed by atoms with Gasteiger partial charge in [-0.15, -0.1) is 0 Å². The van der Waals surface area contributed by atoms with Crippen molar-refractivity contribution < 1.29 is 4.79 Å². The van der Waals surface area contributed by atoms with Crippen molar-refractivity contribution in [1.82, 2.24) is 5.32 Å². The van der Waals surface area contributed by atoms with Crippen LogP contribution >= 0.6 is 23.4 Å². The number of benzene rings is 3. The number of nitrogens with one attached hydrogen (secondary N) is 2. The van der Waals surface area contributed by atoms with Gasteiger partial charge in [0.15, 0.2) is 0 Å². The first-order valence-electron chi connectivity index (χ1n) is 12.7. The van der Waals surface area contributed by atoms with Crippen molar-refractivity contribution >= 4 is 35.0 Å². The molecule has 5 atom stereocenters. The smallest absolute Gasteiger partial charge is 0.251 e. The van der Waals surface area contributed by atoms with Crippen LogP contribution in [0.15, 0.2) is 72.8 Å². The van der Waals surface area contributed by atoms with Gasteiger partial charge in [-0.25, -0.2) is 0 Å². The van der Waals surface area contributed by atoms with Gasteiger partial charge in [0.2, 0.25) is 0 Å². The second-order valence-electron chi connectivity index (χ2n) is 10.2. The highest BCUT2D eigenvalue weighted by atomic mass is 35.5. The zero-order valence-corrected chi connectivity index (χ0v) is 21.3. The Bertz CT molecular complexity index is 1220. The molecule has 5 heteroatoms. The van der Waals surface area contributed by atoms with E-state index in [1.807, 2.05) is 24.3 Å². The first-order chi connectivity index (χ1) is 17.2. The lowest BCUT2D eigenvalue weighted by molar-refractivity contribution is 0.0956. The Kier molecular flexibility index (Phi) is 6.51. The highest BCUT2D eigenvalue weighted by molar-refractivity contribution is 7.98. The minimum absolute atomic E-state index is 0.0241. The van der Waals surface area contributed by atoms with Crippen molar-refractivity contribution in [2.45, 2.75) is 37.0 Å². The summed E-state index contributed by atoms with van der Waals surface area (Å²) in [5.74, 6) is 4.43. The Hall–Kier alpha value is -2.43. The molecule has 3 aromatic carbocycles. The molecule has 3 aliphatic rings. The Balaban J connectivity index is 1.14. The van der Waals surface area contributed by atoms with Crippen LogP contribution in [0.2, 0.25) is 5.02 Å². The summed E-state index contributed by atoms with van der Waals surface area (Å²) in [6, 6.07) is 25.5. The molecule has 2 aliphatic carbocycles. The first kappa shape index (κ1) is 23.0. The number of halogens is 1. The van der Waals surface area contributed by atoms with E-state index < -0.39 is 0 Å². The topological polar surface area (TPSA) is 41.1 Å². The predicted octanol–water partition coefficient (Wildman–Crippen LogP) is 7.30. The standard InChI is InChI=1S/C30H31ClN2OS/c31-25-9-5-4-8-23(25)18-35-15-14-32-30(34)22-12-13-26-24(17-22)27-20-10-11-21(16-20)28(27)29(33-26)19-6-2-1-3-7-19/h1-9,12-13,17,20-21,27-29,33H,10-11,14-16,18H2,(H,32,34)/t20-,21-,27-,28+,29-/m0/s1. The average Bonchev–Trinajstić information content (AvgIpc) is 3.52. The van der Waals surface area contributed by atoms with Crippen LogP contribution in [0.3, 0.4) is 0 Å². The lowest BCUT2D eigenvalue weighted by Gasteiger charge is -2.43. The molecule has 2 N–H and O–H groups in total. The molecule has 0 saturated heterocycles. The molecule has 3 aromatic rings. The summed E-state index contributed by atoms with van der Waals surface area (Å²) in [6.07, 6.45) is 4.00. The van der Waals surface area contributed by atoms with Gasteiger partial charge in [-0.2, -0.15) is 11.8 Å². The van der Waals surface area contributed by atoms with Crippen molar-refractivity contribution in [3.8, 4) is 0 Å². The highest BCUT2D eigenvalue weighted by Crippen LogP contribution is 2.63. The Morgan fingerprint density at radius 1 is 1.00 bits per heavy atom. The Morgan fingerprint density at radius 3 is 2.66 bits per heavy atom. The Labute approximate surface area is 217 Å². The second-order valence-corrected chi connectivity index (χ2v) is 11.7. The molecule has 35 heavy (non-hydrogen) atoms. The van der Waals surface area contributed by atoms with Gasteiger partial charge in [0, 0.05) is 34.3 Å². The van der Waals surface area contributed by atoms with Crippen LogP contribution in [0, 0.1) is 17.8 Å². The van der Waals surface area contributed by atoms with E-state index in [4.69, 9.17) is 11.6 Å². The SMILES string of the molecule is O=C(NCCSCc1ccccc1Cl)c1ccc2c(c1)[C@@H]1[C@H]3CC[C@@H](C3)[C@H]1[C@H](c1ccccc1)N2. The van der Waals surface area contributed by atoms with Gasteiger partial charge in [0.05, 0.1) is 6.04 Å². The monoisotopic (exact) mass is 502 g/mol. The van der Waals surface area contributed by atoms with Crippen LogP contribution in [0.25, 0.3) is 0 Å². The molecule has 0 unspecified atom stereocenters. The number of carbonyl (C=O) groups is 1. The fraction of sp³-hybridized carbons (Fsp3) is 0.367. The van der Waals surface area contributed by atoms with Crippen LogP contribution in [-0.4, -0.2) is 18.2 Å². The predicted molar refractivity (Wildman–Crippen MR) is 146 cm³/mol. The molecule has 0 aromatic heterocycles. The third-order valence-electron chi connectivity index (χ3n) is 8.26. The van der Waals surface area contributed by atoms with E-state index in [2.05, 4.69) is 59.2 Å². The van der Waals surface area contributed by atoms with Gasteiger partial charge in [-0.3, -0.25) is 4.79 Å². The van der Waals surface area contributed by atoms with Gasteiger partial charge in [0.25, 0.3) is 5.91 Å². The third-order valence-corrected chi connectivity index (χ3v) is 9.63. The van der Waals surface area contributed by atoms with Gasteiger partial charge in [-0.1, -0.05) is 60.1 Å². The normalized spacial score (nSPS) is 26.0. The van der Waals surface area contributed by atoms with Gasteiger partial charge in [0.1, 0.15) is 0 Å². The summed E-state index contributed by atoms with van der Waals surface area (Å²) < 4.78 is 0. The number of thioether (sulfide) groups is 1. The summed E-state index contributed by atoms with van der Waals surface area (Å²) in [4.78, 5) is 13.0. The van der Waals surface area contributed by atoms with Crippen molar-refractivity contribution in [2.24, 2.45) is 17.8 Å². The average molecular weight is 503 g/mol. The molecule has 2 fully saturated rings. The lowest BCUT2D eigenvalue weighted by Crippen LogP contribution is -2.35. The minimum Gasteiger partial charge on any atom is -0.378 e. The third kappa shape index (κ3) is 4.47. The molecule has 6 rings (SSSR count). The molecule has 1 aliphatic heterocycles. The maximum atomic E-state index is 13.0. The second kappa shape index (κ2) is 9.91. The summed E-state index contributed by atoms with van der Waals surface area (Å²) >= 11 is 8.03. The van der Waals surface area contributed by atoms with Gasteiger partial charge < -0.3 is 10.6 Å². The summed E-state index contributed by atoms with van der Waals surface area (Å²) in [5.41, 5.74) is 5.87. The lowest BCUT2D eigenvalue weighted by atomic mass is 9.68. The van der Waals surface area contributed by atoms with Crippen molar-refractivity contribution in [3.05, 3.63) is 100 Å². The molecule has 0 radical (unpaired) electrons. The van der Waals surface area contributed by atoms with Crippen LogP contribution in [-0.2, 0) is 5.75 Å². The Morgan fingerprint density at radius 2 is 1.80 bits per heavy atom.